The molecule has 1 aromatic rings. The quantitative estimate of drug-likeness (QED) is 0.775. The maximum Gasteiger partial charge on any atom is 0.217 e. The van der Waals surface area contributed by atoms with E-state index >= 15 is 0 Å². The van der Waals surface area contributed by atoms with E-state index in [4.69, 9.17) is 0 Å². The Labute approximate surface area is 105 Å². The molecular weight excluding hydrogens is 260 g/mol. The first kappa shape index (κ1) is 13.4. The van der Waals surface area contributed by atoms with Gasteiger partial charge in [0, 0.05) is 25.9 Å². The predicted octanol–water partition coefficient (Wildman–Crippen LogP) is 1.99. The lowest BCUT2D eigenvalue weighted by molar-refractivity contribution is 0.138. The highest BCUT2D eigenvalue weighted by Crippen LogP contribution is 2.36. The minimum Gasteiger partial charge on any atom is -0.306 e. The van der Waals surface area contributed by atoms with Crippen molar-refractivity contribution >= 4 is 9.84 Å². The monoisotopic (exact) mass is 275 g/mol. The van der Waals surface area contributed by atoms with Gasteiger partial charge in [0.15, 0.2) is 0 Å². The number of nitrogens with zero attached hydrogens (tertiary/aromatic N) is 1. The van der Waals surface area contributed by atoms with Gasteiger partial charge in [0.25, 0.3) is 0 Å². The summed E-state index contributed by atoms with van der Waals surface area (Å²) in [6.07, 6.45) is -0.105. The van der Waals surface area contributed by atoms with Gasteiger partial charge in [-0.1, -0.05) is 0 Å². The summed E-state index contributed by atoms with van der Waals surface area (Å²) >= 11 is 0. The van der Waals surface area contributed by atoms with Crippen LogP contribution in [0.25, 0.3) is 0 Å². The summed E-state index contributed by atoms with van der Waals surface area (Å²) in [5.74, 6) is -0.537. The molecule has 2 rings (SSSR count). The third kappa shape index (κ3) is 2.27. The molecule has 1 aliphatic rings. The lowest BCUT2D eigenvalue weighted by atomic mass is 10.1. The molecule has 0 spiro atoms. The van der Waals surface area contributed by atoms with Gasteiger partial charge in [-0.15, -0.1) is 0 Å². The molecule has 0 aliphatic carbocycles. The molecule has 0 N–H and O–H groups in total. The molecule has 0 saturated carbocycles. The first-order valence-corrected chi connectivity index (χ1v) is 7.21. The fraction of sp³-hybridized carbons (Fsp3) is 0.500. The molecule has 1 saturated heterocycles. The number of piperidine rings is 1. The third-order valence-corrected chi connectivity index (χ3v) is 5.60. The van der Waals surface area contributed by atoms with Gasteiger partial charge in [0.05, 0.1) is 4.90 Å². The first-order valence-electron chi connectivity index (χ1n) is 5.73. The normalized spacial score (nSPS) is 20.8. The molecule has 6 heteroatoms. The van der Waals surface area contributed by atoms with Crippen molar-refractivity contribution in [3.63, 3.8) is 0 Å². The van der Waals surface area contributed by atoms with Crippen molar-refractivity contribution < 1.29 is 17.2 Å². The maximum absolute atomic E-state index is 14.6. The molecule has 1 aromatic carbocycles. The van der Waals surface area contributed by atoms with E-state index in [1.54, 1.807) is 0 Å². The Morgan fingerprint density at radius 3 is 2.17 bits per heavy atom. The van der Waals surface area contributed by atoms with Crippen LogP contribution in [0.2, 0.25) is 0 Å². The van der Waals surface area contributed by atoms with Crippen LogP contribution in [0.15, 0.2) is 29.2 Å². The molecule has 1 fully saturated rings. The van der Waals surface area contributed by atoms with Crippen LogP contribution in [0.3, 0.4) is 0 Å². The average Bonchev–Trinajstić information content (AvgIpc) is 2.33. The van der Waals surface area contributed by atoms with Gasteiger partial charge >= 0.3 is 0 Å². The van der Waals surface area contributed by atoms with Crippen molar-refractivity contribution in [1.82, 2.24) is 4.90 Å². The van der Waals surface area contributed by atoms with Crippen molar-refractivity contribution in [2.45, 2.75) is 22.7 Å². The molecule has 100 valence electrons. The van der Waals surface area contributed by atoms with E-state index in [-0.39, 0.29) is 17.7 Å². The number of likely N-dealkylation sites (tertiary alicyclic amines) is 1. The molecule has 1 aliphatic heterocycles. The summed E-state index contributed by atoms with van der Waals surface area (Å²) in [4.78, 5) is 1.73. The number of hydrogen-bond donors (Lipinski definition) is 0. The molecule has 3 nitrogen and oxygen atoms in total. The van der Waals surface area contributed by atoms with Gasteiger partial charge in [0.2, 0.25) is 14.8 Å². The van der Waals surface area contributed by atoms with Crippen molar-refractivity contribution in [2.24, 2.45) is 0 Å². The van der Waals surface area contributed by atoms with Gasteiger partial charge in [-0.3, -0.25) is 0 Å². The topological polar surface area (TPSA) is 37.4 Å². The zero-order valence-corrected chi connectivity index (χ0v) is 10.9. The highest BCUT2D eigenvalue weighted by Gasteiger charge is 2.46. The van der Waals surface area contributed by atoms with Crippen LogP contribution >= 0.6 is 0 Å². The third-order valence-electron chi connectivity index (χ3n) is 3.34. The largest absolute Gasteiger partial charge is 0.306 e. The standard InChI is InChI=1S/C12H15F2NO2S/c1-15-8-6-12(14,7-9-15)18(16,17)11-4-2-10(13)3-5-11/h2-5H,6-9H2,1H3. The summed E-state index contributed by atoms with van der Waals surface area (Å²) in [5, 5.41) is -2.24. The van der Waals surface area contributed by atoms with E-state index in [0.29, 0.717) is 13.1 Å². The Kier molecular flexibility index (Phi) is 3.42. The molecule has 18 heavy (non-hydrogen) atoms. The van der Waals surface area contributed by atoms with Gasteiger partial charge in [-0.25, -0.2) is 17.2 Å². The molecule has 0 amide bonds. The Balaban J connectivity index is 2.33. The lowest BCUT2D eigenvalue weighted by Crippen LogP contribution is -2.45. The minimum absolute atomic E-state index is 0.0524. The molecule has 0 bridgehead atoms. The SMILES string of the molecule is CN1CCC(F)(S(=O)(=O)c2ccc(F)cc2)CC1. The number of hydrogen-bond acceptors (Lipinski definition) is 3. The molecular formula is C12H15F2NO2S. The van der Waals surface area contributed by atoms with Crippen LogP contribution in [-0.2, 0) is 9.84 Å². The fourth-order valence-electron chi connectivity index (χ4n) is 2.05. The van der Waals surface area contributed by atoms with Gasteiger partial charge in [-0.05, 0) is 31.3 Å². The Bertz CT molecular complexity index is 520. The molecule has 0 atom stereocenters. The number of rotatable bonds is 2. The summed E-state index contributed by atoms with van der Waals surface area (Å²) in [6.45, 7) is 0.799. The second-order valence-electron chi connectivity index (χ2n) is 4.64. The number of halogens is 2. The Morgan fingerprint density at radius 1 is 1.17 bits per heavy atom. The first-order chi connectivity index (χ1) is 8.35. The summed E-state index contributed by atoms with van der Waals surface area (Å²) < 4.78 is 51.8. The number of sulfone groups is 1. The smallest absolute Gasteiger partial charge is 0.217 e. The maximum atomic E-state index is 14.6. The van der Waals surface area contributed by atoms with Gasteiger partial charge in [-0.2, -0.15) is 0 Å². The van der Waals surface area contributed by atoms with E-state index in [1.165, 1.54) is 0 Å². The van der Waals surface area contributed by atoms with Crippen LogP contribution in [0, 0.1) is 5.82 Å². The predicted molar refractivity (Wildman–Crippen MR) is 64.2 cm³/mol. The van der Waals surface area contributed by atoms with E-state index in [2.05, 4.69) is 0 Å². The number of alkyl halides is 1. The van der Waals surface area contributed by atoms with Crippen LogP contribution in [0.5, 0.6) is 0 Å². The van der Waals surface area contributed by atoms with Crippen molar-refractivity contribution in [3.8, 4) is 0 Å². The highest BCUT2D eigenvalue weighted by molar-refractivity contribution is 7.92. The second kappa shape index (κ2) is 4.59. The van der Waals surface area contributed by atoms with Gasteiger partial charge in [0.1, 0.15) is 5.82 Å². The van der Waals surface area contributed by atoms with E-state index in [9.17, 15) is 17.2 Å². The molecule has 0 unspecified atom stereocenters. The van der Waals surface area contributed by atoms with Crippen LogP contribution in [0.1, 0.15) is 12.8 Å². The van der Waals surface area contributed by atoms with Crippen molar-refractivity contribution in [3.05, 3.63) is 30.1 Å². The zero-order chi connectivity index (χ0) is 13.4. The lowest BCUT2D eigenvalue weighted by Gasteiger charge is -2.33. The highest BCUT2D eigenvalue weighted by atomic mass is 32.2. The Morgan fingerprint density at radius 2 is 1.67 bits per heavy atom. The Hall–Kier alpha value is -1.01. The van der Waals surface area contributed by atoms with Crippen LogP contribution in [0.4, 0.5) is 8.78 Å². The second-order valence-corrected chi connectivity index (χ2v) is 6.85. The number of benzene rings is 1. The summed E-state index contributed by atoms with van der Waals surface area (Å²) in [6, 6.07) is 4.30. The van der Waals surface area contributed by atoms with Crippen molar-refractivity contribution in [1.29, 1.82) is 0 Å². The van der Waals surface area contributed by atoms with E-state index in [1.807, 2.05) is 11.9 Å². The van der Waals surface area contributed by atoms with Crippen LogP contribution < -0.4 is 0 Å². The van der Waals surface area contributed by atoms with Crippen LogP contribution in [-0.4, -0.2) is 38.5 Å². The molecule has 0 aromatic heterocycles. The van der Waals surface area contributed by atoms with Gasteiger partial charge < -0.3 is 4.90 Å². The molecule has 1 heterocycles. The molecule has 0 radical (unpaired) electrons. The fourth-order valence-corrected chi connectivity index (χ4v) is 3.68. The van der Waals surface area contributed by atoms with Crippen molar-refractivity contribution in [2.75, 3.05) is 20.1 Å². The average molecular weight is 275 g/mol. The van der Waals surface area contributed by atoms with E-state index in [0.717, 1.165) is 24.3 Å². The minimum atomic E-state index is -4.06. The van der Waals surface area contributed by atoms with E-state index < -0.39 is 20.7 Å². The summed E-state index contributed by atoms with van der Waals surface area (Å²) in [7, 11) is -2.24. The zero-order valence-electron chi connectivity index (χ0n) is 10.1. The summed E-state index contributed by atoms with van der Waals surface area (Å²) in [5.41, 5.74) is 0.